The number of benzene rings is 1. The van der Waals surface area contributed by atoms with Crippen LogP contribution in [0.15, 0.2) is 29.8 Å². The number of thiazole rings is 1. The molecule has 4 rings (SSSR count). The standard InChI is InChI=1S/C22H30N4O2S/c1-3-16(2)21(28)26-8-6-17-14-18(4-5-19(17)26)20(27)15-24-9-11-25(12-10-24)22-23-7-13-29-22/h4-5,7,13-14,16,20,27H,3,6,8-12,15H2,1-2H3/t16-,20-/m0/s1. The smallest absolute Gasteiger partial charge is 0.229 e. The molecule has 2 aromatic rings. The molecule has 3 heterocycles. The van der Waals surface area contributed by atoms with Gasteiger partial charge in [0.15, 0.2) is 5.13 Å². The lowest BCUT2D eigenvalue weighted by Crippen LogP contribution is -2.47. The van der Waals surface area contributed by atoms with Gasteiger partial charge in [0.05, 0.1) is 6.10 Å². The summed E-state index contributed by atoms with van der Waals surface area (Å²) in [6, 6.07) is 6.09. The van der Waals surface area contributed by atoms with Crippen LogP contribution in [0.4, 0.5) is 10.8 Å². The van der Waals surface area contributed by atoms with E-state index in [1.165, 1.54) is 5.56 Å². The number of aromatic nitrogens is 1. The van der Waals surface area contributed by atoms with Crippen molar-refractivity contribution >= 4 is 28.1 Å². The molecule has 156 valence electrons. The number of carbonyl (C=O) groups is 1. The second-order valence-electron chi connectivity index (χ2n) is 8.06. The highest BCUT2D eigenvalue weighted by molar-refractivity contribution is 7.13. The molecule has 7 heteroatoms. The number of piperazine rings is 1. The largest absolute Gasteiger partial charge is 0.387 e. The Bertz CT molecular complexity index is 833. The van der Waals surface area contributed by atoms with Crippen molar-refractivity contribution in [1.29, 1.82) is 0 Å². The number of amides is 1. The van der Waals surface area contributed by atoms with Crippen molar-refractivity contribution in [2.45, 2.75) is 32.8 Å². The molecule has 29 heavy (non-hydrogen) atoms. The molecule has 0 bridgehead atoms. The summed E-state index contributed by atoms with van der Waals surface area (Å²) in [5.41, 5.74) is 3.14. The summed E-state index contributed by atoms with van der Waals surface area (Å²) in [5, 5.41) is 13.9. The van der Waals surface area contributed by atoms with E-state index in [1.54, 1.807) is 11.3 Å². The molecule has 6 nitrogen and oxygen atoms in total. The second-order valence-corrected chi connectivity index (χ2v) is 8.93. The summed E-state index contributed by atoms with van der Waals surface area (Å²) in [7, 11) is 0. The number of aliphatic hydroxyl groups excluding tert-OH is 1. The zero-order valence-corrected chi connectivity index (χ0v) is 18.1. The molecule has 2 atom stereocenters. The molecule has 1 aromatic heterocycles. The van der Waals surface area contributed by atoms with Gasteiger partial charge in [0, 0.05) is 62.5 Å². The molecular weight excluding hydrogens is 384 g/mol. The fraction of sp³-hybridized carbons (Fsp3) is 0.545. The van der Waals surface area contributed by atoms with Crippen molar-refractivity contribution in [3.05, 3.63) is 40.9 Å². The number of nitrogens with zero attached hydrogens (tertiary/aromatic N) is 4. The third kappa shape index (κ3) is 4.32. The number of hydrogen-bond donors (Lipinski definition) is 1. The van der Waals surface area contributed by atoms with Gasteiger partial charge in [-0.2, -0.15) is 0 Å². The molecule has 0 radical (unpaired) electrons. The van der Waals surface area contributed by atoms with Crippen LogP contribution in [0.3, 0.4) is 0 Å². The van der Waals surface area contributed by atoms with Crippen molar-refractivity contribution in [2.75, 3.05) is 49.1 Å². The van der Waals surface area contributed by atoms with Crippen LogP contribution >= 0.6 is 11.3 Å². The zero-order chi connectivity index (χ0) is 20.4. The highest BCUT2D eigenvalue weighted by Crippen LogP contribution is 2.32. The number of anilines is 2. The molecule has 1 amide bonds. The quantitative estimate of drug-likeness (QED) is 0.788. The predicted molar refractivity (Wildman–Crippen MR) is 118 cm³/mol. The maximum absolute atomic E-state index is 12.6. The maximum atomic E-state index is 12.6. The van der Waals surface area contributed by atoms with E-state index >= 15 is 0 Å². The lowest BCUT2D eigenvalue weighted by molar-refractivity contribution is -0.121. The Morgan fingerprint density at radius 1 is 1.24 bits per heavy atom. The third-order valence-electron chi connectivity index (χ3n) is 6.18. The van der Waals surface area contributed by atoms with Gasteiger partial charge in [0.1, 0.15) is 0 Å². The first kappa shape index (κ1) is 20.3. The summed E-state index contributed by atoms with van der Waals surface area (Å²) >= 11 is 1.68. The van der Waals surface area contributed by atoms with Gasteiger partial charge in [-0.1, -0.05) is 26.0 Å². The fourth-order valence-corrected chi connectivity index (χ4v) is 4.84. The van der Waals surface area contributed by atoms with Gasteiger partial charge in [-0.3, -0.25) is 9.69 Å². The third-order valence-corrected chi connectivity index (χ3v) is 7.01. The Balaban J connectivity index is 1.35. The second kappa shape index (κ2) is 8.81. The first-order valence-electron chi connectivity index (χ1n) is 10.6. The average molecular weight is 415 g/mol. The van der Waals surface area contributed by atoms with Crippen LogP contribution in [-0.4, -0.2) is 60.2 Å². The molecule has 0 unspecified atom stereocenters. The SMILES string of the molecule is CC[C@H](C)C(=O)N1CCc2cc([C@@H](O)CN3CCN(c4nccs4)CC3)ccc21. The Morgan fingerprint density at radius 2 is 2.03 bits per heavy atom. The van der Waals surface area contributed by atoms with Gasteiger partial charge >= 0.3 is 0 Å². The Hall–Kier alpha value is -1.96. The summed E-state index contributed by atoms with van der Waals surface area (Å²) in [5.74, 6) is 0.256. The Kier molecular flexibility index (Phi) is 6.18. The first-order valence-corrected chi connectivity index (χ1v) is 11.4. The number of aliphatic hydroxyl groups is 1. The number of fused-ring (bicyclic) bond motifs is 1. The molecule has 0 aliphatic carbocycles. The normalized spacial score (nSPS) is 19.3. The molecule has 1 N–H and O–H groups in total. The first-order chi connectivity index (χ1) is 14.1. The number of rotatable bonds is 6. The van der Waals surface area contributed by atoms with Crippen LogP contribution in [0.1, 0.15) is 37.5 Å². The number of β-amino-alcohol motifs (C(OH)–C–C–N with tert-alkyl or cyclic N) is 1. The highest BCUT2D eigenvalue weighted by atomic mass is 32.1. The van der Waals surface area contributed by atoms with Gasteiger partial charge in [-0.25, -0.2) is 4.98 Å². The summed E-state index contributed by atoms with van der Waals surface area (Å²) in [6.07, 6.45) is 3.06. The molecule has 1 fully saturated rings. The molecular formula is C22H30N4O2S. The van der Waals surface area contributed by atoms with Crippen LogP contribution in [0.5, 0.6) is 0 Å². The fourth-order valence-electron chi connectivity index (χ4n) is 4.14. The predicted octanol–water partition coefficient (Wildman–Crippen LogP) is 2.93. The van der Waals surface area contributed by atoms with E-state index in [-0.39, 0.29) is 11.8 Å². The van der Waals surface area contributed by atoms with Crippen LogP contribution < -0.4 is 9.80 Å². The molecule has 2 aliphatic rings. The van der Waals surface area contributed by atoms with E-state index < -0.39 is 6.10 Å². The summed E-state index contributed by atoms with van der Waals surface area (Å²) < 4.78 is 0. The highest BCUT2D eigenvalue weighted by Gasteiger charge is 2.28. The number of carbonyl (C=O) groups excluding carboxylic acids is 1. The van der Waals surface area contributed by atoms with Gasteiger partial charge < -0.3 is 14.9 Å². The van der Waals surface area contributed by atoms with E-state index in [2.05, 4.69) is 27.8 Å². The molecule has 1 aromatic carbocycles. The summed E-state index contributed by atoms with van der Waals surface area (Å²) in [4.78, 5) is 23.5. The lowest BCUT2D eigenvalue weighted by Gasteiger charge is -2.35. The minimum absolute atomic E-state index is 0.0502. The summed E-state index contributed by atoms with van der Waals surface area (Å²) in [6.45, 7) is 9.17. The van der Waals surface area contributed by atoms with Crippen LogP contribution in [-0.2, 0) is 11.2 Å². The topological polar surface area (TPSA) is 59.9 Å². The van der Waals surface area contributed by atoms with E-state index in [0.717, 1.165) is 61.9 Å². The van der Waals surface area contributed by atoms with Gasteiger partial charge in [-0.15, -0.1) is 11.3 Å². The van der Waals surface area contributed by atoms with Gasteiger partial charge in [0.2, 0.25) is 5.91 Å². The molecule has 2 aliphatic heterocycles. The van der Waals surface area contributed by atoms with Crippen LogP contribution in [0, 0.1) is 5.92 Å². The van der Waals surface area contributed by atoms with Gasteiger partial charge in [-0.05, 0) is 30.0 Å². The van der Waals surface area contributed by atoms with E-state index in [4.69, 9.17) is 0 Å². The van der Waals surface area contributed by atoms with E-state index in [0.29, 0.717) is 6.54 Å². The van der Waals surface area contributed by atoms with E-state index in [1.807, 2.05) is 35.5 Å². The minimum atomic E-state index is -0.508. The van der Waals surface area contributed by atoms with E-state index in [9.17, 15) is 9.90 Å². The zero-order valence-electron chi connectivity index (χ0n) is 17.3. The van der Waals surface area contributed by atoms with Crippen LogP contribution in [0.2, 0.25) is 0 Å². The Labute approximate surface area is 176 Å². The van der Waals surface area contributed by atoms with Crippen LogP contribution in [0.25, 0.3) is 0 Å². The van der Waals surface area contributed by atoms with Gasteiger partial charge in [0.25, 0.3) is 0 Å². The van der Waals surface area contributed by atoms with Crippen molar-refractivity contribution < 1.29 is 9.90 Å². The lowest BCUT2D eigenvalue weighted by atomic mass is 10.0. The Morgan fingerprint density at radius 3 is 2.72 bits per heavy atom. The molecule has 0 spiro atoms. The average Bonchev–Trinajstić information content (AvgIpc) is 3.42. The number of hydrogen-bond acceptors (Lipinski definition) is 6. The van der Waals surface area contributed by atoms with Crippen molar-refractivity contribution in [3.63, 3.8) is 0 Å². The van der Waals surface area contributed by atoms with Crippen molar-refractivity contribution in [3.8, 4) is 0 Å². The van der Waals surface area contributed by atoms with Crippen molar-refractivity contribution in [2.24, 2.45) is 5.92 Å². The maximum Gasteiger partial charge on any atom is 0.229 e. The monoisotopic (exact) mass is 414 g/mol. The minimum Gasteiger partial charge on any atom is -0.387 e. The molecule has 0 saturated carbocycles. The molecule has 1 saturated heterocycles. The van der Waals surface area contributed by atoms with Crippen molar-refractivity contribution in [1.82, 2.24) is 9.88 Å².